The van der Waals surface area contributed by atoms with Crippen molar-refractivity contribution in [2.45, 2.75) is 11.1 Å². The number of hydrogen-bond donors (Lipinski definition) is 0. The van der Waals surface area contributed by atoms with E-state index >= 15 is 0 Å². The molecular weight excluding hydrogens is 384 g/mol. The van der Waals surface area contributed by atoms with Crippen LogP contribution in [-0.4, -0.2) is 58.7 Å². The summed E-state index contributed by atoms with van der Waals surface area (Å²) in [5, 5.41) is 12.6. The minimum atomic E-state index is -3.48. The Bertz CT molecular complexity index is 1020. The highest BCUT2D eigenvalue weighted by Gasteiger charge is 2.30. The lowest BCUT2D eigenvalue weighted by Gasteiger charge is -2.34. The standard InChI is InChI=1S/C14H15ClN6O2S2/c1-10-16-17-12-3-4-13(18-21(10)12)19-6-8-20(9-7-19)25(22,23)14-5-2-11(15)24-14/h2-5H,6-9H2,1H3. The Balaban J connectivity index is 1.51. The molecule has 0 radical (unpaired) electrons. The van der Waals surface area contributed by atoms with E-state index < -0.39 is 10.0 Å². The van der Waals surface area contributed by atoms with Crippen molar-refractivity contribution in [1.29, 1.82) is 0 Å². The van der Waals surface area contributed by atoms with Gasteiger partial charge in [-0.3, -0.25) is 0 Å². The second-order valence-electron chi connectivity index (χ2n) is 5.66. The first-order valence-electron chi connectivity index (χ1n) is 7.65. The molecule has 0 amide bonds. The van der Waals surface area contributed by atoms with Gasteiger partial charge < -0.3 is 4.90 Å². The number of anilines is 1. The van der Waals surface area contributed by atoms with E-state index in [4.69, 9.17) is 11.6 Å². The van der Waals surface area contributed by atoms with Gasteiger partial charge in [-0.05, 0) is 31.2 Å². The molecule has 0 bridgehead atoms. The molecule has 0 saturated carbocycles. The van der Waals surface area contributed by atoms with Crippen LogP contribution >= 0.6 is 22.9 Å². The molecule has 25 heavy (non-hydrogen) atoms. The van der Waals surface area contributed by atoms with E-state index in [1.165, 1.54) is 4.31 Å². The lowest BCUT2D eigenvalue weighted by atomic mass is 10.3. The fourth-order valence-electron chi connectivity index (χ4n) is 2.78. The van der Waals surface area contributed by atoms with E-state index in [0.717, 1.165) is 17.2 Å². The first-order chi connectivity index (χ1) is 11.9. The van der Waals surface area contributed by atoms with Gasteiger partial charge in [-0.15, -0.1) is 26.6 Å². The maximum atomic E-state index is 12.7. The Morgan fingerprint density at radius 3 is 2.52 bits per heavy atom. The quantitative estimate of drug-likeness (QED) is 0.667. The van der Waals surface area contributed by atoms with Gasteiger partial charge in [-0.1, -0.05) is 11.6 Å². The molecule has 1 saturated heterocycles. The highest BCUT2D eigenvalue weighted by atomic mass is 35.5. The number of aromatic nitrogens is 4. The molecule has 0 atom stereocenters. The Morgan fingerprint density at radius 2 is 1.84 bits per heavy atom. The highest BCUT2D eigenvalue weighted by Crippen LogP contribution is 2.29. The van der Waals surface area contributed by atoms with Crippen LogP contribution in [0.2, 0.25) is 4.34 Å². The molecular formula is C14H15ClN6O2S2. The molecule has 3 aromatic heterocycles. The Labute approximate surface area is 153 Å². The molecule has 0 N–H and O–H groups in total. The molecule has 11 heteroatoms. The van der Waals surface area contributed by atoms with Crippen LogP contribution in [0.15, 0.2) is 28.5 Å². The van der Waals surface area contributed by atoms with E-state index in [-0.39, 0.29) is 4.21 Å². The van der Waals surface area contributed by atoms with E-state index in [1.54, 1.807) is 16.6 Å². The van der Waals surface area contributed by atoms with E-state index in [1.807, 2.05) is 19.1 Å². The lowest BCUT2D eigenvalue weighted by molar-refractivity contribution is 0.384. The maximum Gasteiger partial charge on any atom is 0.252 e. The number of aryl methyl sites for hydroxylation is 1. The first kappa shape index (κ1) is 16.7. The van der Waals surface area contributed by atoms with Crippen molar-refractivity contribution >= 4 is 44.4 Å². The minimum absolute atomic E-state index is 0.283. The van der Waals surface area contributed by atoms with Crippen LogP contribution in [0.25, 0.3) is 5.65 Å². The average molecular weight is 399 g/mol. The Hall–Kier alpha value is -1.75. The predicted octanol–water partition coefficient (Wildman–Crippen LogP) is 1.66. The average Bonchev–Trinajstić information content (AvgIpc) is 3.21. The van der Waals surface area contributed by atoms with Gasteiger partial charge in [0.1, 0.15) is 10.0 Å². The molecule has 1 aliphatic heterocycles. The summed E-state index contributed by atoms with van der Waals surface area (Å²) in [4.78, 5) is 2.06. The van der Waals surface area contributed by atoms with Gasteiger partial charge in [0, 0.05) is 26.2 Å². The smallest absolute Gasteiger partial charge is 0.252 e. The summed E-state index contributed by atoms with van der Waals surface area (Å²) in [6.07, 6.45) is 0. The molecule has 0 aliphatic carbocycles. The summed E-state index contributed by atoms with van der Waals surface area (Å²) in [5.74, 6) is 1.50. The molecule has 132 valence electrons. The van der Waals surface area contributed by atoms with E-state index in [2.05, 4.69) is 20.2 Å². The van der Waals surface area contributed by atoms with Crippen LogP contribution in [0.1, 0.15) is 5.82 Å². The SMILES string of the molecule is Cc1nnc2ccc(N3CCN(S(=O)(=O)c4ccc(Cl)s4)CC3)nn12. The fourth-order valence-corrected chi connectivity index (χ4v) is 5.84. The van der Waals surface area contributed by atoms with Gasteiger partial charge in [0.15, 0.2) is 11.5 Å². The number of rotatable bonds is 3. The van der Waals surface area contributed by atoms with Crippen LogP contribution in [0.4, 0.5) is 5.82 Å². The second kappa shape index (κ2) is 6.20. The van der Waals surface area contributed by atoms with Gasteiger partial charge in [0.2, 0.25) is 0 Å². The van der Waals surface area contributed by atoms with Crippen molar-refractivity contribution in [3.63, 3.8) is 0 Å². The van der Waals surface area contributed by atoms with Gasteiger partial charge in [-0.2, -0.15) is 8.82 Å². The zero-order chi connectivity index (χ0) is 17.6. The van der Waals surface area contributed by atoms with E-state index in [0.29, 0.717) is 42.0 Å². The van der Waals surface area contributed by atoms with Crippen LogP contribution in [0.3, 0.4) is 0 Å². The van der Waals surface area contributed by atoms with Gasteiger partial charge >= 0.3 is 0 Å². The topological polar surface area (TPSA) is 83.7 Å². The number of thiophene rings is 1. The summed E-state index contributed by atoms with van der Waals surface area (Å²) in [6.45, 7) is 3.78. The fraction of sp³-hybridized carbons (Fsp3) is 0.357. The summed E-state index contributed by atoms with van der Waals surface area (Å²) in [7, 11) is -3.48. The molecule has 0 unspecified atom stereocenters. The molecule has 1 fully saturated rings. The van der Waals surface area contributed by atoms with Crippen molar-refractivity contribution in [3.8, 4) is 0 Å². The number of nitrogens with zero attached hydrogens (tertiary/aromatic N) is 6. The van der Waals surface area contributed by atoms with Gasteiger partial charge in [0.25, 0.3) is 10.0 Å². The minimum Gasteiger partial charge on any atom is -0.353 e. The second-order valence-corrected chi connectivity index (χ2v) is 9.54. The maximum absolute atomic E-state index is 12.7. The zero-order valence-electron chi connectivity index (χ0n) is 13.3. The van der Waals surface area contributed by atoms with Crippen LogP contribution in [-0.2, 0) is 10.0 Å². The number of fused-ring (bicyclic) bond motifs is 1. The molecule has 4 rings (SSSR count). The number of sulfonamides is 1. The zero-order valence-corrected chi connectivity index (χ0v) is 15.7. The first-order valence-corrected chi connectivity index (χ1v) is 10.3. The summed E-state index contributed by atoms with van der Waals surface area (Å²) in [5.41, 5.74) is 0.692. The van der Waals surface area contributed by atoms with Crippen molar-refractivity contribution in [1.82, 2.24) is 24.1 Å². The van der Waals surface area contributed by atoms with Crippen LogP contribution in [0, 0.1) is 6.92 Å². The highest BCUT2D eigenvalue weighted by molar-refractivity contribution is 7.91. The summed E-state index contributed by atoms with van der Waals surface area (Å²) >= 11 is 6.95. The normalized spacial score (nSPS) is 16.6. The molecule has 8 nitrogen and oxygen atoms in total. The molecule has 3 aromatic rings. The van der Waals surface area contributed by atoms with Crippen molar-refractivity contribution in [2.24, 2.45) is 0 Å². The lowest BCUT2D eigenvalue weighted by Crippen LogP contribution is -2.48. The van der Waals surface area contributed by atoms with Crippen molar-refractivity contribution in [3.05, 3.63) is 34.4 Å². The molecule has 1 aliphatic rings. The largest absolute Gasteiger partial charge is 0.353 e. The molecule has 0 spiro atoms. The number of halogens is 1. The van der Waals surface area contributed by atoms with Gasteiger partial charge in [-0.25, -0.2) is 8.42 Å². The number of hydrogen-bond acceptors (Lipinski definition) is 7. The third kappa shape index (κ3) is 2.99. The predicted molar refractivity (Wildman–Crippen MR) is 95.8 cm³/mol. The molecule has 4 heterocycles. The van der Waals surface area contributed by atoms with Crippen molar-refractivity contribution in [2.75, 3.05) is 31.1 Å². The summed E-state index contributed by atoms with van der Waals surface area (Å²) < 4.78 is 29.2. The number of piperazine rings is 1. The monoisotopic (exact) mass is 398 g/mol. The third-order valence-electron chi connectivity index (χ3n) is 4.11. The Morgan fingerprint density at radius 1 is 1.08 bits per heavy atom. The van der Waals surface area contributed by atoms with Crippen LogP contribution in [0.5, 0.6) is 0 Å². The third-order valence-corrected chi connectivity index (χ3v) is 7.71. The van der Waals surface area contributed by atoms with Crippen molar-refractivity contribution < 1.29 is 8.42 Å². The van der Waals surface area contributed by atoms with Crippen LogP contribution < -0.4 is 4.90 Å². The van der Waals surface area contributed by atoms with Gasteiger partial charge in [0.05, 0.1) is 4.34 Å². The molecule has 0 aromatic carbocycles. The van der Waals surface area contributed by atoms with E-state index in [9.17, 15) is 8.42 Å². The Kier molecular flexibility index (Phi) is 4.14. The summed E-state index contributed by atoms with van der Waals surface area (Å²) in [6, 6.07) is 6.90.